The van der Waals surface area contributed by atoms with Crippen molar-refractivity contribution in [2.45, 2.75) is 19.1 Å². The van der Waals surface area contributed by atoms with Crippen LogP contribution in [0.4, 0.5) is 0 Å². The van der Waals surface area contributed by atoms with E-state index in [1.807, 2.05) is 12.2 Å². The zero-order chi connectivity index (χ0) is 17.6. The number of benzene rings is 1. The second-order valence-corrected chi connectivity index (χ2v) is 6.20. The van der Waals surface area contributed by atoms with Gasteiger partial charge in [0.05, 0.1) is 0 Å². The molecule has 0 bridgehead atoms. The molecule has 0 fully saturated rings. The largest absolute Gasteiger partial charge is 0.456 e. The summed E-state index contributed by atoms with van der Waals surface area (Å²) in [5, 5.41) is 3.93. The maximum absolute atomic E-state index is 12.2. The molecule has 1 aromatic carbocycles. The number of halogens is 2. The summed E-state index contributed by atoms with van der Waals surface area (Å²) >= 11 is 12.0. The number of nitrogens with zero attached hydrogens (tertiary/aromatic N) is 2. The monoisotopic (exact) mass is 375 g/mol. The highest BCUT2D eigenvalue weighted by Gasteiger charge is 2.15. The third-order valence-electron chi connectivity index (χ3n) is 3.58. The zero-order valence-electron chi connectivity index (χ0n) is 13.2. The Morgan fingerprint density at radius 1 is 1.28 bits per heavy atom. The summed E-state index contributed by atoms with van der Waals surface area (Å²) in [7, 11) is 0. The van der Waals surface area contributed by atoms with Crippen LogP contribution in [0.2, 0.25) is 10.0 Å². The van der Waals surface area contributed by atoms with Gasteiger partial charge in [-0.2, -0.15) is 0 Å². The van der Waals surface area contributed by atoms with E-state index in [0.29, 0.717) is 34.6 Å². The lowest BCUT2D eigenvalue weighted by Crippen LogP contribution is -2.26. The van der Waals surface area contributed by atoms with Crippen LogP contribution in [0.15, 0.2) is 60.5 Å². The van der Waals surface area contributed by atoms with Crippen LogP contribution in [0.3, 0.4) is 0 Å². The first-order valence-corrected chi connectivity index (χ1v) is 8.41. The highest BCUT2D eigenvalue weighted by molar-refractivity contribution is 6.35. The number of ether oxygens (including phenoxy) is 1. The predicted molar refractivity (Wildman–Crippen MR) is 96.6 cm³/mol. The van der Waals surface area contributed by atoms with Crippen molar-refractivity contribution >= 4 is 29.1 Å². The minimum atomic E-state index is -0.190. The van der Waals surface area contributed by atoms with Crippen molar-refractivity contribution in [2.75, 3.05) is 0 Å². The van der Waals surface area contributed by atoms with Gasteiger partial charge in [0.15, 0.2) is 0 Å². The number of hydrogen-bond acceptors (Lipinski definition) is 4. The third-order valence-corrected chi connectivity index (χ3v) is 4.16. The normalized spacial score (nSPS) is 16.2. The van der Waals surface area contributed by atoms with E-state index < -0.39 is 0 Å². The third kappa shape index (κ3) is 4.81. The summed E-state index contributed by atoms with van der Waals surface area (Å²) < 4.78 is 5.62. The van der Waals surface area contributed by atoms with Gasteiger partial charge in [-0.15, -0.1) is 0 Å². The highest BCUT2D eigenvalue weighted by Crippen LogP contribution is 2.21. The minimum absolute atomic E-state index is 0.170. The molecular weight excluding hydrogens is 361 g/mol. The van der Waals surface area contributed by atoms with Crippen LogP contribution < -0.4 is 10.1 Å². The lowest BCUT2D eigenvalue weighted by molar-refractivity contribution is -0.117. The molecule has 0 saturated heterocycles. The molecule has 1 heterocycles. The van der Waals surface area contributed by atoms with Crippen LogP contribution in [0, 0.1) is 0 Å². The van der Waals surface area contributed by atoms with Crippen LogP contribution in [0.5, 0.6) is 6.01 Å². The lowest BCUT2D eigenvalue weighted by atomic mass is 10.0. The van der Waals surface area contributed by atoms with E-state index in [-0.39, 0.29) is 12.0 Å². The van der Waals surface area contributed by atoms with Crippen LogP contribution >= 0.6 is 23.2 Å². The van der Waals surface area contributed by atoms with E-state index in [9.17, 15) is 4.79 Å². The molecule has 1 aliphatic carbocycles. The van der Waals surface area contributed by atoms with Crippen LogP contribution in [-0.2, 0) is 11.3 Å². The van der Waals surface area contributed by atoms with E-state index >= 15 is 0 Å². The molecule has 0 aliphatic heterocycles. The maximum Gasteiger partial charge on any atom is 0.316 e. The number of amides is 1. The van der Waals surface area contributed by atoms with Gasteiger partial charge in [0.25, 0.3) is 5.91 Å². The zero-order valence-corrected chi connectivity index (χ0v) is 14.7. The summed E-state index contributed by atoms with van der Waals surface area (Å²) in [4.78, 5) is 20.3. The second kappa shape index (κ2) is 8.14. The van der Waals surface area contributed by atoms with Gasteiger partial charge in [-0.3, -0.25) is 4.79 Å². The molecule has 25 heavy (non-hydrogen) atoms. The fourth-order valence-corrected chi connectivity index (χ4v) is 2.76. The molecule has 1 atom stereocenters. The number of aromatic nitrogens is 2. The first-order valence-electron chi connectivity index (χ1n) is 7.66. The maximum atomic E-state index is 12.2. The van der Waals surface area contributed by atoms with E-state index in [1.165, 1.54) is 0 Å². The Labute approximate surface area is 155 Å². The van der Waals surface area contributed by atoms with Crippen molar-refractivity contribution in [2.24, 2.45) is 0 Å². The highest BCUT2D eigenvalue weighted by atomic mass is 35.5. The number of rotatable bonds is 5. The molecule has 1 unspecified atom stereocenters. The van der Waals surface area contributed by atoms with Crippen LogP contribution in [-0.4, -0.2) is 22.0 Å². The van der Waals surface area contributed by atoms with E-state index in [1.54, 1.807) is 42.7 Å². The Hall–Kier alpha value is -2.37. The van der Waals surface area contributed by atoms with Crippen LogP contribution in [0.25, 0.3) is 0 Å². The van der Waals surface area contributed by atoms with Gasteiger partial charge in [-0.1, -0.05) is 41.4 Å². The number of carbonyl (C=O) groups is 1. The molecule has 7 heteroatoms. The standard InChI is InChI=1S/C18H15Cl2N3O2/c19-14-5-2-13(16(20)10-14)11-23-17(24)12-3-6-15(7-4-12)25-18-21-8-1-9-22-18/h1-6,8-10,15H,7,11H2,(H,23,24). The molecule has 2 aromatic rings. The molecule has 0 saturated carbocycles. The molecule has 1 N–H and O–H groups in total. The summed E-state index contributed by atoms with van der Waals surface area (Å²) in [6, 6.07) is 7.22. The average molecular weight is 376 g/mol. The van der Waals surface area contributed by atoms with E-state index in [4.69, 9.17) is 27.9 Å². The molecule has 1 aliphatic rings. The Kier molecular flexibility index (Phi) is 5.68. The first kappa shape index (κ1) is 17.5. The predicted octanol–water partition coefficient (Wildman–Crippen LogP) is 3.73. The quantitative estimate of drug-likeness (QED) is 0.864. The summed E-state index contributed by atoms with van der Waals surface area (Å²) in [5.74, 6) is -0.170. The SMILES string of the molecule is O=C(NCc1ccc(Cl)cc1Cl)C1=CCC(Oc2ncccn2)C=C1. The summed E-state index contributed by atoms with van der Waals surface area (Å²) in [5.41, 5.74) is 1.39. The van der Waals surface area contributed by atoms with Gasteiger partial charge in [-0.25, -0.2) is 9.97 Å². The Balaban J connectivity index is 1.53. The van der Waals surface area contributed by atoms with Gasteiger partial charge in [0.2, 0.25) is 0 Å². The Morgan fingerprint density at radius 3 is 2.76 bits per heavy atom. The average Bonchev–Trinajstić information content (AvgIpc) is 2.62. The fourth-order valence-electron chi connectivity index (χ4n) is 2.28. The van der Waals surface area contributed by atoms with Gasteiger partial charge in [-0.05, 0) is 29.8 Å². The van der Waals surface area contributed by atoms with Gasteiger partial charge >= 0.3 is 6.01 Å². The van der Waals surface area contributed by atoms with E-state index in [0.717, 1.165) is 5.56 Å². The van der Waals surface area contributed by atoms with Crippen molar-refractivity contribution in [1.29, 1.82) is 0 Å². The molecule has 3 rings (SSSR count). The Bertz CT molecular complexity index is 822. The number of nitrogens with one attached hydrogen (secondary N) is 1. The van der Waals surface area contributed by atoms with Crippen molar-refractivity contribution in [3.8, 4) is 6.01 Å². The fraction of sp³-hybridized carbons (Fsp3) is 0.167. The van der Waals surface area contributed by atoms with Crippen molar-refractivity contribution < 1.29 is 9.53 Å². The smallest absolute Gasteiger partial charge is 0.316 e. The van der Waals surface area contributed by atoms with Gasteiger partial charge < -0.3 is 10.1 Å². The summed E-state index contributed by atoms with van der Waals surface area (Å²) in [6.07, 6.45) is 8.99. The Morgan fingerprint density at radius 2 is 2.08 bits per heavy atom. The number of carbonyl (C=O) groups excluding carboxylic acids is 1. The molecule has 5 nitrogen and oxygen atoms in total. The molecule has 0 spiro atoms. The lowest BCUT2D eigenvalue weighted by Gasteiger charge is -2.16. The number of hydrogen-bond donors (Lipinski definition) is 1. The van der Waals surface area contributed by atoms with Crippen molar-refractivity contribution in [1.82, 2.24) is 15.3 Å². The minimum Gasteiger partial charge on any atom is -0.456 e. The van der Waals surface area contributed by atoms with Crippen molar-refractivity contribution in [3.63, 3.8) is 0 Å². The summed E-state index contributed by atoms with van der Waals surface area (Å²) in [6.45, 7) is 0.331. The molecule has 1 aromatic heterocycles. The van der Waals surface area contributed by atoms with E-state index in [2.05, 4.69) is 15.3 Å². The molecule has 0 radical (unpaired) electrons. The topological polar surface area (TPSA) is 64.1 Å². The molecular formula is C18H15Cl2N3O2. The molecule has 128 valence electrons. The first-order chi connectivity index (χ1) is 12.1. The molecule has 1 amide bonds. The van der Waals surface area contributed by atoms with Crippen molar-refractivity contribution in [3.05, 3.63) is 76.1 Å². The van der Waals surface area contributed by atoms with Gasteiger partial charge in [0.1, 0.15) is 6.10 Å². The second-order valence-electron chi connectivity index (χ2n) is 5.36. The van der Waals surface area contributed by atoms with Crippen LogP contribution in [0.1, 0.15) is 12.0 Å². The van der Waals surface area contributed by atoms with Gasteiger partial charge in [0, 0.05) is 41.0 Å².